The van der Waals surface area contributed by atoms with Crippen LogP contribution in [0.4, 0.5) is 0 Å². The molecule has 0 N–H and O–H groups in total. The SMILES string of the molecule is CC(C)COc1ccc(OCc2nc3ccccc3s2)cc1. The highest BCUT2D eigenvalue weighted by molar-refractivity contribution is 7.18. The standard InChI is InChI=1S/C18H19NO2S/c1-13(2)11-20-14-7-9-15(10-8-14)21-12-18-19-16-5-3-4-6-17(16)22-18/h3-10,13H,11-12H2,1-2H3. The van der Waals surface area contributed by atoms with E-state index in [-0.39, 0.29) is 0 Å². The van der Waals surface area contributed by atoms with Crippen molar-refractivity contribution in [2.24, 2.45) is 5.92 Å². The van der Waals surface area contributed by atoms with Crippen LogP contribution in [0.2, 0.25) is 0 Å². The van der Waals surface area contributed by atoms with Crippen molar-refractivity contribution in [2.45, 2.75) is 20.5 Å². The van der Waals surface area contributed by atoms with Gasteiger partial charge in [-0.05, 0) is 42.3 Å². The maximum atomic E-state index is 5.79. The van der Waals surface area contributed by atoms with Crippen LogP contribution in [-0.2, 0) is 6.61 Å². The van der Waals surface area contributed by atoms with E-state index in [1.807, 2.05) is 42.5 Å². The van der Waals surface area contributed by atoms with Gasteiger partial charge in [0.05, 0.1) is 16.8 Å². The number of thiazole rings is 1. The van der Waals surface area contributed by atoms with Gasteiger partial charge in [-0.25, -0.2) is 4.98 Å². The van der Waals surface area contributed by atoms with Gasteiger partial charge in [0.1, 0.15) is 23.1 Å². The van der Waals surface area contributed by atoms with Crippen LogP contribution in [0.25, 0.3) is 10.2 Å². The van der Waals surface area contributed by atoms with E-state index >= 15 is 0 Å². The molecule has 3 nitrogen and oxygen atoms in total. The van der Waals surface area contributed by atoms with Crippen molar-refractivity contribution in [1.82, 2.24) is 4.98 Å². The minimum atomic E-state index is 0.492. The Morgan fingerprint density at radius 1 is 0.955 bits per heavy atom. The normalized spacial score (nSPS) is 11.0. The summed E-state index contributed by atoms with van der Waals surface area (Å²) in [6, 6.07) is 15.9. The third-order valence-electron chi connectivity index (χ3n) is 3.11. The number of ether oxygens (including phenoxy) is 2. The highest BCUT2D eigenvalue weighted by Gasteiger charge is 2.04. The van der Waals surface area contributed by atoms with Crippen LogP contribution >= 0.6 is 11.3 Å². The van der Waals surface area contributed by atoms with Gasteiger partial charge < -0.3 is 9.47 Å². The number of hydrogen-bond acceptors (Lipinski definition) is 4. The molecule has 0 unspecified atom stereocenters. The predicted octanol–water partition coefficient (Wildman–Crippen LogP) is 4.91. The molecule has 114 valence electrons. The van der Waals surface area contributed by atoms with Crippen molar-refractivity contribution in [1.29, 1.82) is 0 Å². The van der Waals surface area contributed by atoms with Crippen LogP contribution < -0.4 is 9.47 Å². The van der Waals surface area contributed by atoms with Crippen molar-refractivity contribution in [2.75, 3.05) is 6.61 Å². The molecule has 1 aromatic heterocycles. The Morgan fingerprint density at radius 3 is 2.32 bits per heavy atom. The Kier molecular flexibility index (Phi) is 4.59. The largest absolute Gasteiger partial charge is 0.493 e. The van der Waals surface area contributed by atoms with E-state index in [4.69, 9.17) is 9.47 Å². The molecule has 3 rings (SSSR count). The molecule has 0 amide bonds. The number of rotatable bonds is 6. The molecular weight excluding hydrogens is 294 g/mol. The summed E-state index contributed by atoms with van der Waals surface area (Å²) in [6.07, 6.45) is 0. The fraction of sp³-hybridized carbons (Fsp3) is 0.278. The fourth-order valence-electron chi connectivity index (χ4n) is 2.02. The molecule has 0 aliphatic rings. The molecule has 0 saturated carbocycles. The number of benzene rings is 2. The molecule has 0 bridgehead atoms. The molecule has 0 aliphatic heterocycles. The summed E-state index contributed by atoms with van der Waals surface area (Å²) in [6.45, 7) is 5.49. The number of fused-ring (bicyclic) bond motifs is 1. The first-order valence-corrected chi connectivity index (χ1v) is 8.22. The third-order valence-corrected chi connectivity index (χ3v) is 4.12. The first-order valence-electron chi connectivity index (χ1n) is 7.41. The molecule has 2 aromatic carbocycles. The second-order valence-corrected chi connectivity index (χ2v) is 6.66. The Balaban J connectivity index is 1.59. The first-order chi connectivity index (χ1) is 10.7. The summed E-state index contributed by atoms with van der Waals surface area (Å²) in [5.74, 6) is 2.23. The molecule has 0 radical (unpaired) electrons. The van der Waals surface area contributed by atoms with Gasteiger partial charge in [-0.2, -0.15) is 0 Å². The van der Waals surface area contributed by atoms with Crippen molar-refractivity contribution in [3.63, 3.8) is 0 Å². The predicted molar refractivity (Wildman–Crippen MR) is 90.7 cm³/mol. The Morgan fingerprint density at radius 2 is 1.64 bits per heavy atom. The maximum Gasteiger partial charge on any atom is 0.140 e. The van der Waals surface area contributed by atoms with Crippen molar-refractivity contribution < 1.29 is 9.47 Å². The zero-order valence-corrected chi connectivity index (χ0v) is 13.6. The summed E-state index contributed by atoms with van der Waals surface area (Å²) in [5.41, 5.74) is 1.03. The summed E-state index contributed by atoms with van der Waals surface area (Å²) < 4.78 is 12.6. The maximum absolute atomic E-state index is 5.79. The molecule has 0 atom stereocenters. The lowest BCUT2D eigenvalue weighted by Gasteiger charge is -2.09. The van der Waals surface area contributed by atoms with E-state index in [9.17, 15) is 0 Å². The molecule has 1 heterocycles. The summed E-state index contributed by atoms with van der Waals surface area (Å²) >= 11 is 1.67. The number of hydrogen-bond donors (Lipinski definition) is 0. The second-order valence-electron chi connectivity index (χ2n) is 5.54. The van der Waals surface area contributed by atoms with E-state index in [2.05, 4.69) is 24.9 Å². The Hall–Kier alpha value is -2.07. The van der Waals surface area contributed by atoms with Crippen LogP contribution in [0.5, 0.6) is 11.5 Å². The van der Waals surface area contributed by atoms with Gasteiger partial charge in [0.15, 0.2) is 0 Å². The molecule has 0 spiro atoms. The van der Waals surface area contributed by atoms with E-state index in [0.717, 1.165) is 28.6 Å². The van der Waals surface area contributed by atoms with Gasteiger partial charge in [0.2, 0.25) is 0 Å². The van der Waals surface area contributed by atoms with Crippen molar-refractivity contribution in [3.05, 3.63) is 53.5 Å². The van der Waals surface area contributed by atoms with E-state index < -0.39 is 0 Å². The van der Waals surface area contributed by atoms with E-state index in [1.165, 1.54) is 4.70 Å². The van der Waals surface area contributed by atoms with E-state index in [0.29, 0.717) is 12.5 Å². The molecule has 22 heavy (non-hydrogen) atoms. The van der Waals surface area contributed by atoms with Gasteiger partial charge in [-0.15, -0.1) is 11.3 Å². The zero-order chi connectivity index (χ0) is 15.4. The smallest absolute Gasteiger partial charge is 0.140 e. The highest BCUT2D eigenvalue weighted by atomic mass is 32.1. The van der Waals surface area contributed by atoms with Crippen LogP contribution in [-0.4, -0.2) is 11.6 Å². The van der Waals surface area contributed by atoms with Crippen LogP contribution in [0.3, 0.4) is 0 Å². The topological polar surface area (TPSA) is 31.4 Å². The van der Waals surface area contributed by atoms with Gasteiger partial charge in [0.25, 0.3) is 0 Å². The Bertz CT molecular complexity index is 701. The lowest BCUT2D eigenvalue weighted by molar-refractivity contribution is 0.269. The molecule has 0 fully saturated rings. The van der Waals surface area contributed by atoms with Gasteiger partial charge in [-0.1, -0.05) is 26.0 Å². The molecule has 0 aliphatic carbocycles. The summed E-state index contributed by atoms with van der Waals surface area (Å²) in [4.78, 5) is 4.56. The second kappa shape index (κ2) is 6.79. The Labute approximate surface area is 134 Å². The van der Waals surface area contributed by atoms with Gasteiger partial charge in [-0.3, -0.25) is 0 Å². The van der Waals surface area contributed by atoms with Crippen molar-refractivity contribution >= 4 is 21.6 Å². The highest BCUT2D eigenvalue weighted by Crippen LogP contribution is 2.24. The number of nitrogens with zero attached hydrogens (tertiary/aromatic N) is 1. The van der Waals surface area contributed by atoms with Gasteiger partial charge in [0, 0.05) is 0 Å². The first kappa shape index (κ1) is 14.9. The zero-order valence-electron chi connectivity index (χ0n) is 12.8. The van der Waals surface area contributed by atoms with Crippen molar-refractivity contribution in [3.8, 4) is 11.5 Å². The molecule has 3 aromatic rings. The number of aromatic nitrogens is 1. The summed E-state index contributed by atoms with van der Waals surface area (Å²) in [7, 11) is 0. The van der Waals surface area contributed by atoms with Crippen LogP contribution in [0, 0.1) is 5.92 Å². The lowest BCUT2D eigenvalue weighted by atomic mass is 10.2. The fourth-order valence-corrected chi connectivity index (χ4v) is 2.90. The van der Waals surface area contributed by atoms with Crippen LogP contribution in [0.1, 0.15) is 18.9 Å². The quantitative estimate of drug-likeness (QED) is 0.648. The average Bonchev–Trinajstić information content (AvgIpc) is 2.95. The summed E-state index contributed by atoms with van der Waals surface area (Å²) in [5, 5.41) is 0.987. The van der Waals surface area contributed by atoms with E-state index in [1.54, 1.807) is 11.3 Å². The molecule has 0 saturated heterocycles. The lowest BCUT2D eigenvalue weighted by Crippen LogP contribution is -2.04. The minimum absolute atomic E-state index is 0.492. The molecule has 4 heteroatoms. The van der Waals surface area contributed by atoms with Crippen LogP contribution in [0.15, 0.2) is 48.5 Å². The monoisotopic (exact) mass is 313 g/mol. The average molecular weight is 313 g/mol. The molecular formula is C18H19NO2S. The third kappa shape index (κ3) is 3.77. The van der Waals surface area contributed by atoms with Gasteiger partial charge >= 0.3 is 0 Å². The number of para-hydroxylation sites is 1. The minimum Gasteiger partial charge on any atom is -0.493 e.